The number of hydrogen-bond donors (Lipinski definition) is 0. The Labute approximate surface area is 129 Å². The van der Waals surface area contributed by atoms with Crippen LogP contribution in [-0.4, -0.2) is 24.5 Å². The molecule has 0 unspecified atom stereocenters. The molecule has 1 aliphatic carbocycles. The molecule has 21 heavy (non-hydrogen) atoms. The minimum absolute atomic E-state index is 0.00953. The maximum absolute atomic E-state index is 14.4. The Hall–Kier alpha value is -0.890. The van der Waals surface area contributed by atoms with Gasteiger partial charge < -0.3 is 4.90 Å². The molecule has 1 aliphatic rings. The molecular weight excluding hydrogens is 261 g/mol. The van der Waals surface area contributed by atoms with Gasteiger partial charge in [-0.15, -0.1) is 0 Å². The van der Waals surface area contributed by atoms with Gasteiger partial charge in [-0.2, -0.15) is 0 Å². The first-order valence-corrected chi connectivity index (χ1v) is 8.27. The highest BCUT2D eigenvalue weighted by Crippen LogP contribution is 2.40. The molecule has 1 saturated carbocycles. The molecule has 0 radical (unpaired) electrons. The van der Waals surface area contributed by atoms with Crippen molar-refractivity contribution >= 4 is 0 Å². The van der Waals surface area contributed by atoms with Crippen molar-refractivity contribution in [3.8, 4) is 0 Å². The van der Waals surface area contributed by atoms with Gasteiger partial charge in [0.05, 0.1) is 0 Å². The van der Waals surface area contributed by atoms with E-state index in [1.54, 1.807) is 0 Å². The van der Waals surface area contributed by atoms with Crippen LogP contribution >= 0.6 is 0 Å². The molecular formula is C19H30FN. The number of nitrogens with zero attached hydrogens (tertiary/aromatic N) is 1. The number of rotatable bonds is 4. The molecule has 1 fully saturated rings. The van der Waals surface area contributed by atoms with E-state index in [0.717, 1.165) is 29.4 Å². The van der Waals surface area contributed by atoms with Crippen molar-refractivity contribution in [2.45, 2.75) is 58.4 Å². The van der Waals surface area contributed by atoms with Crippen LogP contribution in [0.3, 0.4) is 0 Å². The van der Waals surface area contributed by atoms with E-state index >= 15 is 0 Å². The Balaban J connectivity index is 2.19. The second-order valence-electron chi connectivity index (χ2n) is 7.43. The minimum atomic E-state index is -0.00953. The number of hydrogen-bond acceptors (Lipinski definition) is 1. The van der Waals surface area contributed by atoms with Gasteiger partial charge in [-0.05, 0) is 76.1 Å². The van der Waals surface area contributed by atoms with Crippen molar-refractivity contribution < 1.29 is 4.39 Å². The highest BCUT2D eigenvalue weighted by atomic mass is 19.1. The van der Waals surface area contributed by atoms with Gasteiger partial charge in [-0.25, -0.2) is 4.39 Å². The lowest BCUT2D eigenvalue weighted by Gasteiger charge is -2.46. The molecule has 0 spiro atoms. The van der Waals surface area contributed by atoms with Crippen molar-refractivity contribution in [1.29, 1.82) is 0 Å². The van der Waals surface area contributed by atoms with Crippen LogP contribution in [0.1, 0.15) is 50.7 Å². The van der Waals surface area contributed by atoms with Crippen molar-refractivity contribution in [1.82, 2.24) is 4.90 Å². The van der Waals surface area contributed by atoms with E-state index in [0.29, 0.717) is 0 Å². The third-order valence-corrected chi connectivity index (χ3v) is 5.64. The average Bonchev–Trinajstić information content (AvgIpc) is 2.44. The zero-order valence-electron chi connectivity index (χ0n) is 14.2. The van der Waals surface area contributed by atoms with E-state index in [2.05, 4.69) is 32.8 Å². The summed E-state index contributed by atoms with van der Waals surface area (Å²) in [5.41, 5.74) is 1.77. The van der Waals surface area contributed by atoms with Gasteiger partial charge >= 0.3 is 0 Å². The summed E-state index contributed by atoms with van der Waals surface area (Å²) >= 11 is 0. The first-order chi connectivity index (χ1) is 9.85. The topological polar surface area (TPSA) is 3.24 Å². The summed E-state index contributed by atoms with van der Waals surface area (Å²) in [5, 5.41) is 0. The molecule has 2 heteroatoms. The van der Waals surface area contributed by atoms with Crippen LogP contribution in [0.2, 0.25) is 0 Å². The smallest absolute Gasteiger partial charge is 0.129 e. The van der Waals surface area contributed by atoms with Crippen LogP contribution in [0.5, 0.6) is 0 Å². The molecule has 2 rings (SSSR count). The second-order valence-corrected chi connectivity index (χ2v) is 7.43. The van der Waals surface area contributed by atoms with Crippen LogP contribution in [0, 0.1) is 24.6 Å². The zero-order chi connectivity index (χ0) is 15.6. The fourth-order valence-corrected chi connectivity index (χ4v) is 3.83. The van der Waals surface area contributed by atoms with Gasteiger partial charge in [-0.3, -0.25) is 0 Å². The average molecular weight is 291 g/mol. The summed E-state index contributed by atoms with van der Waals surface area (Å²) in [4.78, 5) is 2.34. The molecule has 1 nitrogen and oxygen atoms in total. The zero-order valence-corrected chi connectivity index (χ0v) is 14.2. The largest absolute Gasteiger partial charge is 0.303 e. The molecule has 1 aromatic carbocycles. The number of halogens is 1. The number of benzene rings is 1. The van der Waals surface area contributed by atoms with E-state index in [1.807, 2.05) is 25.1 Å². The summed E-state index contributed by atoms with van der Waals surface area (Å²) in [6.45, 7) is 6.51. The quantitative estimate of drug-likeness (QED) is 0.768. The fourth-order valence-electron chi connectivity index (χ4n) is 3.83. The Morgan fingerprint density at radius 2 is 1.86 bits per heavy atom. The summed E-state index contributed by atoms with van der Waals surface area (Å²) in [6, 6.07) is 5.80. The summed E-state index contributed by atoms with van der Waals surface area (Å²) in [6.07, 6.45) is 5.72. The van der Waals surface area contributed by atoms with E-state index in [9.17, 15) is 4.39 Å². The Kier molecular flexibility index (Phi) is 5.08. The normalized spacial score (nSPS) is 26.6. The van der Waals surface area contributed by atoms with Crippen molar-refractivity contribution in [2.24, 2.45) is 11.8 Å². The number of aryl methyl sites for hydroxylation is 1. The van der Waals surface area contributed by atoms with Crippen molar-refractivity contribution in [3.05, 3.63) is 35.1 Å². The minimum Gasteiger partial charge on any atom is -0.303 e. The van der Waals surface area contributed by atoms with E-state index in [-0.39, 0.29) is 11.4 Å². The third kappa shape index (κ3) is 3.48. The van der Waals surface area contributed by atoms with Crippen LogP contribution in [0.4, 0.5) is 4.39 Å². The molecule has 0 aromatic heterocycles. The number of likely N-dealkylation sites (N-methyl/N-ethyl adjacent to an activating group) is 1. The first-order valence-electron chi connectivity index (χ1n) is 8.27. The monoisotopic (exact) mass is 291 g/mol. The van der Waals surface area contributed by atoms with Gasteiger partial charge in [0.15, 0.2) is 0 Å². The van der Waals surface area contributed by atoms with Gasteiger partial charge in [-0.1, -0.05) is 32.0 Å². The molecule has 1 aromatic rings. The maximum atomic E-state index is 14.4. The summed E-state index contributed by atoms with van der Waals surface area (Å²) < 4.78 is 14.4. The summed E-state index contributed by atoms with van der Waals surface area (Å²) in [7, 11) is 4.31. The van der Waals surface area contributed by atoms with Crippen molar-refractivity contribution in [3.63, 3.8) is 0 Å². The Morgan fingerprint density at radius 3 is 2.38 bits per heavy atom. The van der Waals surface area contributed by atoms with E-state index < -0.39 is 0 Å². The lowest BCUT2D eigenvalue weighted by molar-refractivity contribution is 0.0676. The fraction of sp³-hybridized carbons (Fsp3) is 0.684. The SMILES string of the molecule is Cc1cccc(CC2(N(C)C)CCC(C(C)C)CC2)c1F. The Bertz CT molecular complexity index is 470. The Morgan fingerprint density at radius 1 is 1.24 bits per heavy atom. The van der Waals surface area contributed by atoms with Crippen molar-refractivity contribution in [2.75, 3.05) is 14.1 Å². The van der Waals surface area contributed by atoms with Gasteiger partial charge in [0.25, 0.3) is 0 Å². The molecule has 0 aliphatic heterocycles. The van der Waals surface area contributed by atoms with Crippen LogP contribution in [0.15, 0.2) is 18.2 Å². The molecule has 0 bridgehead atoms. The van der Waals surface area contributed by atoms with Crippen LogP contribution < -0.4 is 0 Å². The standard InChI is InChI=1S/C19H30FN/c1-14(2)16-9-11-19(12-10-16,21(4)5)13-17-8-6-7-15(3)18(17)20/h6-8,14,16H,9-13H2,1-5H3. The maximum Gasteiger partial charge on any atom is 0.129 e. The van der Waals surface area contributed by atoms with Gasteiger partial charge in [0.2, 0.25) is 0 Å². The van der Waals surface area contributed by atoms with E-state index in [1.165, 1.54) is 25.7 Å². The van der Waals surface area contributed by atoms with Crippen LogP contribution in [-0.2, 0) is 6.42 Å². The predicted molar refractivity (Wildman–Crippen MR) is 88.1 cm³/mol. The highest BCUT2D eigenvalue weighted by Gasteiger charge is 2.38. The predicted octanol–water partition coefficient (Wildman–Crippen LogP) is 4.82. The lowest BCUT2D eigenvalue weighted by Crippen LogP contribution is -2.49. The molecule has 0 saturated heterocycles. The van der Waals surface area contributed by atoms with Crippen LogP contribution in [0.25, 0.3) is 0 Å². The molecule has 0 heterocycles. The second kappa shape index (κ2) is 6.48. The lowest BCUT2D eigenvalue weighted by atomic mass is 9.70. The van der Waals surface area contributed by atoms with Gasteiger partial charge in [0.1, 0.15) is 5.82 Å². The summed E-state index contributed by atoms with van der Waals surface area (Å²) in [5.74, 6) is 1.59. The first kappa shape index (κ1) is 16.5. The molecule has 118 valence electrons. The van der Waals surface area contributed by atoms with E-state index in [4.69, 9.17) is 0 Å². The highest BCUT2D eigenvalue weighted by molar-refractivity contribution is 5.27. The third-order valence-electron chi connectivity index (χ3n) is 5.64. The molecule has 0 N–H and O–H groups in total. The molecule has 0 amide bonds. The van der Waals surface area contributed by atoms with Gasteiger partial charge in [0, 0.05) is 5.54 Å². The molecule has 0 atom stereocenters.